The standard InChI is InChI=1S/C13H10INO/c1-15-6-10-8-4-2-3-5-9(8)13(16)12(10)11(14)7-15/h2-6H,7H2,1H3. The topological polar surface area (TPSA) is 20.3 Å². The summed E-state index contributed by atoms with van der Waals surface area (Å²) in [5, 5.41) is 0. The Morgan fingerprint density at radius 3 is 2.69 bits per heavy atom. The maximum atomic E-state index is 12.2. The van der Waals surface area contributed by atoms with Gasteiger partial charge in [-0.15, -0.1) is 0 Å². The molecular weight excluding hydrogens is 313 g/mol. The number of benzene rings is 1. The van der Waals surface area contributed by atoms with Crippen molar-refractivity contribution in [1.29, 1.82) is 0 Å². The number of hydrogen-bond acceptors (Lipinski definition) is 2. The molecule has 1 aromatic rings. The summed E-state index contributed by atoms with van der Waals surface area (Å²) >= 11 is 2.28. The van der Waals surface area contributed by atoms with Gasteiger partial charge in [-0.25, -0.2) is 0 Å². The van der Waals surface area contributed by atoms with Crippen molar-refractivity contribution in [3.8, 4) is 0 Å². The van der Waals surface area contributed by atoms with E-state index in [1.807, 2.05) is 31.3 Å². The Labute approximate surface area is 108 Å². The van der Waals surface area contributed by atoms with Gasteiger partial charge in [-0.1, -0.05) is 24.3 Å². The predicted molar refractivity (Wildman–Crippen MR) is 72.4 cm³/mol. The molecule has 0 unspecified atom stereocenters. The highest BCUT2D eigenvalue weighted by Gasteiger charge is 2.33. The van der Waals surface area contributed by atoms with Crippen molar-refractivity contribution in [3.05, 3.63) is 50.7 Å². The molecule has 1 heterocycles. The fourth-order valence-corrected chi connectivity index (χ4v) is 3.35. The van der Waals surface area contributed by atoms with Crippen molar-refractivity contribution in [2.45, 2.75) is 0 Å². The molecule has 0 atom stereocenters. The SMILES string of the molecule is CN1C=C2C(=C(I)C1)C(=O)c1ccccc12. The number of fused-ring (bicyclic) bond motifs is 3. The number of Topliss-reactive ketones (excluding diaryl/α,β-unsaturated/α-hetero) is 1. The minimum atomic E-state index is 0.180. The average molecular weight is 323 g/mol. The van der Waals surface area contributed by atoms with E-state index in [4.69, 9.17) is 0 Å². The Bertz CT molecular complexity index is 557. The number of carbonyl (C=O) groups excluding carboxylic acids is 1. The van der Waals surface area contributed by atoms with E-state index in [2.05, 4.69) is 33.7 Å². The van der Waals surface area contributed by atoms with Crippen molar-refractivity contribution in [3.63, 3.8) is 0 Å². The fraction of sp³-hybridized carbons (Fsp3) is 0.154. The van der Waals surface area contributed by atoms with Gasteiger partial charge >= 0.3 is 0 Å². The molecule has 1 aliphatic heterocycles. The molecule has 0 spiro atoms. The van der Waals surface area contributed by atoms with E-state index in [9.17, 15) is 4.79 Å². The molecule has 1 aliphatic carbocycles. The third-order valence-corrected chi connectivity index (χ3v) is 3.85. The molecule has 1 aromatic carbocycles. The van der Waals surface area contributed by atoms with Crippen molar-refractivity contribution in [1.82, 2.24) is 4.90 Å². The first kappa shape index (κ1) is 10.1. The summed E-state index contributed by atoms with van der Waals surface area (Å²) in [4.78, 5) is 14.3. The van der Waals surface area contributed by atoms with E-state index in [0.717, 1.165) is 32.4 Å². The average Bonchev–Trinajstić information content (AvgIpc) is 2.54. The highest BCUT2D eigenvalue weighted by atomic mass is 127. The van der Waals surface area contributed by atoms with Crippen LogP contribution in [0.25, 0.3) is 5.57 Å². The van der Waals surface area contributed by atoms with E-state index >= 15 is 0 Å². The number of hydrogen-bond donors (Lipinski definition) is 0. The highest BCUT2D eigenvalue weighted by Crippen LogP contribution is 2.41. The molecule has 2 nitrogen and oxygen atoms in total. The first-order valence-electron chi connectivity index (χ1n) is 5.13. The number of nitrogens with zero attached hydrogens (tertiary/aromatic N) is 1. The van der Waals surface area contributed by atoms with Crippen molar-refractivity contribution < 1.29 is 4.79 Å². The van der Waals surface area contributed by atoms with Gasteiger partial charge in [-0.3, -0.25) is 4.79 Å². The normalized spacial score (nSPS) is 18.5. The van der Waals surface area contributed by atoms with Gasteiger partial charge in [0.05, 0.1) is 0 Å². The van der Waals surface area contributed by atoms with Gasteiger partial charge in [0.15, 0.2) is 5.78 Å². The fourth-order valence-electron chi connectivity index (χ4n) is 2.28. The Balaban J connectivity index is 2.31. The number of ketones is 1. The van der Waals surface area contributed by atoms with E-state index in [1.54, 1.807) is 0 Å². The number of allylic oxidation sites excluding steroid dienone is 2. The minimum Gasteiger partial charge on any atom is -0.375 e. The summed E-state index contributed by atoms with van der Waals surface area (Å²) in [6.45, 7) is 0.832. The maximum absolute atomic E-state index is 12.2. The molecule has 0 fully saturated rings. The van der Waals surface area contributed by atoms with Crippen LogP contribution < -0.4 is 0 Å². The zero-order valence-corrected chi connectivity index (χ0v) is 11.0. The van der Waals surface area contributed by atoms with Crippen molar-refractivity contribution in [2.24, 2.45) is 0 Å². The van der Waals surface area contributed by atoms with Gasteiger partial charge in [0, 0.05) is 40.1 Å². The smallest absolute Gasteiger partial charge is 0.195 e. The lowest BCUT2D eigenvalue weighted by Crippen LogP contribution is -2.19. The predicted octanol–water partition coefficient (Wildman–Crippen LogP) is 2.86. The third-order valence-electron chi connectivity index (χ3n) is 2.97. The van der Waals surface area contributed by atoms with Crippen LogP contribution in [0.3, 0.4) is 0 Å². The van der Waals surface area contributed by atoms with E-state index < -0.39 is 0 Å². The van der Waals surface area contributed by atoms with Gasteiger partial charge in [0.1, 0.15) is 0 Å². The zero-order valence-electron chi connectivity index (χ0n) is 8.83. The first-order valence-corrected chi connectivity index (χ1v) is 6.21. The second-order valence-corrected chi connectivity index (χ2v) is 5.41. The Morgan fingerprint density at radius 2 is 1.94 bits per heavy atom. The Morgan fingerprint density at radius 1 is 1.25 bits per heavy atom. The lowest BCUT2D eigenvalue weighted by atomic mass is 10.0. The van der Waals surface area contributed by atoms with Gasteiger partial charge in [0.2, 0.25) is 0 Å². The van der Waals surface area contributed by atoms with E-state index in [1.165, 1.54) is 0 Å². The number of carbonyl (C=O) groups is 1. The van der Waals surface area contributed by atoms with Crippen LogP contribution in [-0.4, -0.2) is 24.3 Å². The van der Waals surface area contributed by atoms with Gasteiger partial charge in [0.25, 0.3) is 0 Å². The van der Waals surface area contributed by atoms with Crippen LogP contribution in [0.15, 0.2) is 39.6 Å². The lowest BCUT2D eigenvalue weighted by molar-refractivity contribution is 0.104. The summed E-state index contributed by atoms with van der Waals surface area (Å²) in [5.74, 6) is 0.180. The van der Waals surface area contributed by atoms with Crippen LogP contribution in [0.2, 0.25) is 0 Å². The van der Waals surface area contributed by atoms with Crippen LogP contribution in [0.1, 0.15) is 15.9 Å². The second kappa shape index (κ2) is 3.45. The van der Waals surface area contributed by atoms with Gasteiger partial charge in [-0.2, -0.15) is 0 Å². The van der Waals surface area contributed by atoms with Crippen LogP contribution in [0.5, 0.6) is 0 Å². The number of likely N-dealkylation sites (N-methyl/N-ethyl adjacent to an activating group) is 1. The molecule has 0 radical (unpaired) electrons. The largest absolute Gasteiger partial charge is 0.375 e. The number of rotatable bonds is 0. The van der Waals surface area contributed by atoms with Crippen LogP contribution in [0, 0.1) is 0 Å². The lowest BCUT2D eigenvalue weighted by Gasteiger charge is -2.21. The zero-order chi connectivity index (χ0) is 11.3. The molecule has 2 aliphatic rings. The summed E-state index contributed by atoms with van der Waals surface area (Å²) < 4.78 is 1.14. The molecular formula is C13H10INO. The number of halogens is 1. The molecule has 0 amide bonds. The summed E-state index contributed by atoms with van der Waals surface area (Å²) in [7, 11) is 2.04. The summed E-state index contributed by atoms with van der Waals surface area (Å²) in [5.41, 5.74) is 3.90. The molecule has 80 valence electrons. The molecule has 0 bridgehead atoms. The van der Waals surface area contributed by atoms with Crippen LogP contribution in [-0.2, 0) is 0 Å². The summed E-state index contributed by atoms with van der Waals surface area (Å²) in [6.07, 6.45) is 2.07. The molecule has 0 N–H and O–H groups in total. The Hall–Kier alpha value is -1.10. The maximum Gasteiger partial charge on any atom is 0.195 e. The second-order valence-electron chi connectivity index (χ2n) is 4.11. The van der Waals surface area contributed by atoms with Crippen LogP contribution >= 0.6 is 22.6 Å². The molecule has 0 aromatic heterocycles. The van der Waals surface area contributed by atoms with Crippen molar-refractivity contribution in [2.75, 3.05) is 13.6 Å². The molecule has 3 heteroatoms. The molecule has 3 rings (SSSR count). The molecule has 16 heavy (non-hydrogen) atoms. The summed E-state index contributed by atoms with van der Waals surface area (Å²) in [6, 6.07) is 7.84. The Kier molecular flexibility index (Phi) is 2.17. The third kappa shape index (κ3) is 1.27. The van der Waals surface area contributed by atoms with E-state index in [-0.39, 0.29) is 5.78 Å². The van der Waals surface area contributed by atoms with E-state index in [0.29, 0.717) is 0 Å². The van der Waals surface area contributed by atoms with Crippen LogP contribution in [0.4, 0.5) is 0 Å². The quantitative estimate of drug-likeness (QED) is 0.685. The van der Waals surface area contributed by atoms with Gasteiger partial charge < -0.3 is 4.90 Å². The molecule has 0 saturated heterocycles. The molecule has 0 saturated carbocycles. The minimum absolute atomic E-state index is 0.180. The van der Waals surface area contributed by atoms with Gasteiger partial charge in [-0.05, 0) is 28.2 Å². The first-order chi connectivity index (χ1) is 7.68. The monoisotopic (exact) mass is 323 g/mol. The highest BCUT2D eigenvalue weighted by molar-refractivity contribution is 14.1. The van der Waals surface area contributed by atoms with Crippen molar-refractivity contribution >= 4 is 33.9 Å².